The number of carbonyl (C=O) groups is 1. The van der Waals surface area contributed by atoms with Crippen molar-refractivity contribution in [1.29, 1.82) is 0 Å². The van der Waals surface area contributed by atoms with Crippen LogP contribution in [0.1, 0.15) is 17.4 Å². The zero-order valence-electron chi connectivity index (χ0n) is 16.1. The summed E-state index contributed by atoms with van der Waals surface area (Å²) >= 11 is 4.82. The topological polar surface area (TPSA) is 60.5 Å². The monoisotopic (exact) mass is 460 g/mol. The zero-order chi connectivity index (χ0) is 20.3. The Bertz CT molecular complexity index is 986. The second kappa shape index (κ2) is 8.75. The average molecular weight is 461 g/mol. The molecule has 0 aliphatic rings. The minimum Gasteiger partial charge on any atom is -0.496 e. The largest absolute Gasteiger partial charge is 0.496 e. The highest BCUT2D eigenvalue weighted by Gasteiger charge is 2.18. The number of amides is 1. The molecule has 1 unspecified atom stereocenters. The van der Waals surface area contributed by atoms with Gasteiger partial charge < -0.3 is 9.47 Å². The molecule has 5 nitrogen and oxygen atoms in total. The van der Waals surface area contributed by atoms with E-state index < -0.39 is 6.10 Å². The van der Waals surface area contributed by atoms with Gasteiger partial charge in [-0.1, -0.05) is 15.9 Å². The maximum atomic E-state index is 12.5. The molecule has 1 atom stereocenters. The van der Waals surface area contributed by atoms with E-state index >= 15 is 0 Å². The molecule has 0 radical (unpaired) electrons. The average Bonchev–Trinajstić information content (AvgIpc) is 3.03. The first-order valence-corrected chi connectivity index (χ1v) is 10.3. The fraction of sp³-hybridized carbons (Fsp3) is 0.238. The maximum absolute atomic E-state index is 12.5. The molecule has 0 saturated carbocycles. The highest BCUT2D eigenvalue weighted by atomic mass is 79.9. The van der Waals surface area contributed by atoms with E-state index in [1.54, 1.807) is 14.0 Å². The number of methoxy groups -OCH3 is 1. The van der Waals surface area contributed by atoms with Crippen LogP contribution in [-0.2, 0) is 4.79 Å². The number of hydrogen-bond acceptors (Lipinski definition) is 5. The van der Waals surface area contributed by atoms with Gasteiger partial charge in [-0.3, -0.25) is 10.1 Å². The van der Waals surface area contributed by atoms with Gasteiger partial charge in [0, 0.05) is 14.9 Å². The van der Waals surface area contributed by atoms with Gasteiger partial charge in [-0.05, 0) is 68.8 Å². The van der Waals surface area contributed by atoms with Crippen LogP contribution in [0.15, 0.2) is 46.9 Å². The van der Waals surface area contributed by atoms with Crippen LogP contribution in [0.4, 0.5) is 5.13 Å². The number of benzene rings is 2. The summed E-state index contributed by atoms with van der Waals surface area (Å²) in [5.41, 5.74) is 2.88. The Balaban J connectivity index is 1.71. The van der Waals surface area contributed by atoms with E-state index in [-0.39, 0.29) is 5.91 Å². The lowest BCUT2D eigenvalue weighted by molar-refractivity contribution is -0.122. The van der Waals surface area contributed by atoms with Crippen LogP contribution in [0.2, 0.25) is 0 Å². The number of anilines is 1. The van der Waals surface area contributed by atoms with Gasteiger partial charge in [0.05, 0.1) is 12.8 Å². The normalized spacial score (nSPS) is 11.8. The Morgan fingerprint density at radius 2 is 1.89 bits per heavy atom. The fourth-order valence-electron chi connectivity index (χ4n) is 2.72. The highest BCUT2D eigenvalue weighted by Crippen LogP contribution is 2.32. The van der Waals surface area contributed by atoms with Crippen LogP contribution in [0.3, 0.4) is 0 Å². The van der Waals surface area contributed by atoms with Crippen molar-refractivity contribution >= 4 is 38.3 Å². The summed E-state index contributed by atoms with van der Waals surface area (Å²) in [5.74, 6) is 1.23. The second-order valence-corrected chi connectivity index (χ2v) is 8.43. The van der Waals surface area contributed by atoms with Gasteiger partial charge in [0.25, 0.3) is 5.91 Å². The Kier molecular flexibility index (Phi) is 6.36. The Labute approximate surface area is 176 Å². The molecule has 0 spiro atoms. The Morgan fingerprint density at radius 3 is 2.54 bits per heavy atom. The molecular weight excluding hydrogens is 440 g/mol. The summed E-state index contributed by atoms with van der Waals surface area (Å²) in [5, 5.41) is 3.40. The molecule has 0 aliphatic carbocycles. The molecule has 2 aromatic carbocycles. The summed E-state index contributed by atoms with van der Waals surface area (Å²) in [4.78, 5) is 18.1. The first kappa shape index (κ1) is 20.4. The van der Waals surface area contributed by atoms with E-state index in [2.05, 4.69) is 26.2 Å². The van der Waals surface area contributed by atoms with Crippen molar-refractivity contribution < 1.29 is 14.3 Å². The van der Waals surface area contributed by atoms with Crippen molar-refractivity contribution in [3.63, 3.8) is 0 Å². The maximum Gasteiger partial charge on any atom is 0.266 e. The Morgan fingerprint density at radius 1 is 1.18 bits per heavy atom. The quantitative estimate of drug-likeness (QED) is 0.519. The van der Waals surface area contributed by atoms with E-state index in [0.29, 0.717) is 10.9 Å². The van der Waals surface area contributed by atoms with Crippen molar-refractivity contribution in [2.45, 2.75) is 26.9 Å². The van der Waals surface area contributed by atoms with E-state index in [4.69, 9.17) is 9.47 Å². The third-order valence-electron chi connectivity index (χ3n) is 4.19. The molecule has 1 amide bonds. The lowest BCUT2D eigenvalue weighted by Gasteiger charge is -2.13. The molecule has 0 aliphatic heterocycles. The van der Waals surface area contributed by atoms with Gasteiger partial charge in [0.2, 0.25) is 0 Å². The van der Waals surface area contributed by atoms with Crippen LogP contribution in [-0.4, -0.2) is 24.1 Å². The number of halogens is 1. The third kappa shape index (κ3) is 4.72. The molecule has 0 fully saturated rings. The first-order chi connectivity index (χ1) is 13.4. The standard InChI is InChI=1S/C21H21BrN2O3S/c1-12-11-15(5-10-18(12)26-4)19-14(3)28-21(23-19)24-20(25)13(2)27-17-8-6-16(22)7-9-17/h5-11,13H,1-4H3,(H,23,24,25). The minimum atomic E-state index is -0.642. The molecule has 0 saturated heterocycles. The van der Waals surface area contributed by atoms with E-state index in [1.165, 1.54) is 11.3 Å². The van der Waals surface area contributed by atoms with Crippen molar-refractivity contribution in [2.24, 2.45) is 0 Å². The predicted molar refractivity (Wildman–Crippen MR) is 116 cm³/mol. The molecule has 1 aromatic heterocycles. The van der Waals surface area contributed by atoms with Gasteiger partial charge in [-0.15, -0.1) is 11.3 Å². The number of nitrogens with zero attached hydrogens (tertiary/aromatic N) is 1. The number of aryl methyl sites for hydroxylation is 2. The molecule has 3 rings (SSSR count). The van der Waals surface area contributed by atoms with Crippen molar-refractivity contribution in [2.75, 3.05) is 12.4 Å². The molecule has 146 valence electrons. The smallest absolute Gasteiger partial charge is 0.266 e. The summed E-state index contributed by atoms with van der Waals surface area (Å²) in [7, 11) is 1.65. The number of rotatable bonds is 6. The third-order valence-corrected chi connectivity index (χ3v) is 5.61. The van der Waals surface area contributed by atoms with E-state index in [1.807, 2.05) is 56.3 Å². The lowest BCUT2D eigenvalue weighted by atomic mass is 10.1. The molecular formula is C21H21BrN2O3S. The summed E-state index contributed by atoms with van der Waals surface area (Å²) in [6.45, 7) is 5.70. The number of thiazole rings is 1. The van der Waals surface area contributed by atoms with Gasteiger partial charge in [0.15, 0.2) is 11.2 Å². The fourth-order valence-corrected chi connectivity index (χ4v) is 3.82. The number of nitrogens with one attached hydrogen (secondary N) is 1. The zero-order valence-corrected chi connectivity index (χ0v) is 18.5. The Hall–Kier alpha value is -2.38. The van der Waals surface area contributed by atoms with Gasteiger partial charge in [-0.25, -0.2) is 4.98 Å². The predicted octanol–water partition coefficient (Wildman–Crippen LogP) is 5.60. The summed E-state index contributed by atoms with van der Waals surface area (Å²) in [6.07, 6.45) is -0.642. The van der Waals surface area contributed by atoms with Crippen LogP contribution in [0.25, 0.3) is 11.3 Å². The lowest BCUT2D eigenvalue weighted by Crippen LogP contribution is -2.30. The number of aromatic nitrogens is 1. The van der Waals surface area contributed by atoms with E-state index in [9.17, 15) is 4.79 Å². The molecule has 0 bridgehead atoms. The highest BCUT2D eigenvalue weighted by molar-refractivity contribution is 9.10. The molecule has 28 heavy (non-hydrogen) atoms. The first-order valence-electron chi connectivity index (χ1n) is 8.73. The van der Waals surface area contributed by atoms with E-state index in [0.717, 1.165) is 31.9 Å². The molecule has 1 heterocycles. The van der Waals surface area contributed by atoms with Crippen molar-refractivity contribution in [3.05, 3.63) is 57.4 Å². The molecule has 3 aromatic rings. The SMILES string of the molecule is COc1ccc(-c2nc(NC(=O)C(C)Oc3ccc(Br)cc3)sc2C)cc1C. The number of ether oxygens (including phenoxy) is 2. The van der Waals surface area contributed by atoms with Gasteiger partial charge >= 0.3 is 0 Å². The summed E-state index contributed by atoms with van der Waals surface area (Å²) in [6, 6.07) is 13.3. The van der Waals surface area contributed by atoms with Crippen molar-refractivity contribution in [1.82, 2.24) is 4.98 Å². The van der Waals surface area contributed by atoms with Crippen LogP contribution < -0.4 is 14.8 Å². The van der Waals surface area contributed by atoms with Crippen LogP contribution in [0, 0.1) is 13.8 Å². The number of hydrogen-bond donors (Lipinski definition) is 1. The van der Waals surface area contributed by atoms with Crippen LogP contribution >= 0.6 is 27.3 Å². The van der Waals surface area contributed by atoms with Crippen LogP contribution in [0.5, 0.6) is 11.5 Å². The number of carbonyl (C=O) groups excluding carboxylic acids is 1. The minimum absolute atomic E-state index is 0.242. The summed E-state index contributed by atoms with van der Waals surface area (Å²) < 4.78 is 12.0. The molecule has 1 N–H and O–H groups in total. The second-order valence-electron chi connectivity index (χ2n) is 6.31. The van der Waals surface area contributed by atoms with Gasteiger partial charge in [0.1, 0.15) is 11.5 Å². The van der Waals surface area contributed by atoms with Gasteiger partial charge in [-0.2, -0.15) is 0 Å². The van der Waals surface area contributed by atoms with Crippen molar-refractivity contribution in [3.8, 4) is 22.8 Å². The molecule has 7 heteroatoms.